The van der Waals surface area contributed by atoms with Crippen LogP contribution in [0.25, 0.3) is 10.4 Å². The van der Waals surface area contributed by atoms with E-state index in [4.69, 9.17) is 0 Å². The molecule has 3 rings (SSSR count). The van der Waals surface area contributed by atoms with E-state index in [9.17, 15) is 9.90 Å². The van der Waals surface area contributed by atoms with Crippen LogP contribution in [0, 0.1) is 6.92 Å². The number of carbonyl (C=O) groups excluding carboxylic acids is 1. The molecule has 0 saturated heterocycles. The summed E-state index contributed by atoms with van der Waals surface area (Å²) in [6.07, 6.45) is 0.355. The van der Waals surface area contributed by atoms with Gasteiger partial charge < -0.3 is 5.11 Å². The summed E-state index contributed by atoms with van der Waals surface area (Å²) in [4.78, 5) is 14.2. The topological polar surface area (TPSA) is 37.3 Å². The Bertz CT molecular complexity index is 800. The Morgan fingerprint density at radius 2 is 1.82 bits per heavy atom. The number of phenolic OH excluding ortho intramolecular Hbond substituents is 1. The van der Waals surface area contributed by atoms with Crippen LogP contribution < -0.4 is 0 Å². The number of hydrogen-bond acceptors (Lipinski definition) is 3. The Kier molecular flexibility index (Phi) is 4.07. The second kappa shape index (κ2) is 6.16. The van der Waals surface area contributed by atoms with Gasteiger partial charge in [-0.2, -0.15) is 0 Å². The van der Waals surface area contributed by atoms with Crippen molar-refractivity contribution in [3.8, 4) is 16.2 Å². The molecule has 0 spiro atoms. The smallest absolute Gasteiger partial charge is 0.177 e. The molecule has 1 N–H and O–H groups in total. The molecule has 0 bridgehead atoms. The van der Waals surface area contributed by atoms with E-state index in [0.717, 1.165) is 20.9 Å². The molecule has 3 heteroatoms. The number of phenols is 1. The van der Waals surface area contributed by atoms with E-state index in [-0.39, 0.29) is 11.5 Å². The Morgan fingerprint density at radius 3 is 2.55 bits per heavy atom. The van der Waals surface area contributed by atoms with Gasteiger partial charge in [-0.1, -0.05) is 42.0 Å². The van der Waals surface area contributed by atoms with E-state index in [0.29, 0.717) is 6.42 Å². The number of aromatic hydroxyl groups is 1. The summed E-state index contributed by atoms with van der Waals surface area (Å²) >= 11 is 1.53. The maximum Gasteiger partial charge on any atom is 0.177 e. The molecule has 0 radical (unpaired) electrons. The highest BCUT2D eigenvalue weighted by molar-refractivity contribution is 7.17. The van der Waals surface area contributed by atoms with Gasteiger partial charge in [0.1, 0.15) is 5.75 Å². The quantitative estimate of drug-likeness (QED) is 0.699. The zero-order chi connectivity index (χ0) is 15.5. The van der Waals surface area contributed by atoms with Gasteiger partial charge >= 0.3 is 0 Å². The van der Waals surface area contributed by atoms with Crippen molar-refractivity contribution in [1.29, 1.82) is 0 Å². The molecule has 2 nitrogen and oxygen atoms in total. The highest BCUT2D eigenvalue weighted by Gasteiger charge is 2.11. The Labute approximate surface area is 133 Å². The molecule has 1 aromatic heterocycles. The summed E-state index contributed by atoms with van der Waals surface area (Å²) in [5.74, 6) is 0.323. The van der Waals surface area contributed by atoms with Crippen LogP contribution in [-0.4, -0.2) is 10.9 Å². The average Bonchev–Trinajstić information content (AvgIpc) is 3.00. The van der Waals surface area contributed by atoms with Gasteiger partial charge in [-0.05, 0) is 42.3 Å². The minimum Gasteiger partial charge on any atom is -0.508 e. The van der Waals surface area contributed by atoms with Crippen LogP contribution >= 0.6 is 11.3 Å². The fourth-order valence-corrected chi connectivity index (χ4v) is 3.27. The second-order valence-corrected chi connectivity index (χ2v) is 6.38. The molecular weight excluding hydrogens is 292 g/mol. The Hall–Kier alpha value is -2.39. The van der Waals surface area contributed by atoms with Gasteiger partial charge in [0.05, 0.1) is 4.88 Å². The number of ketones is 1. The standard InChI is InChI=1S/C19H16O2S/c1-13-3-2-4-15(11-13)18-9-10-19(22-18)17(21)12-14-5-7-16(20)8-6-14/h2-11,20H,12H2,1H3. The zero-order valence-electron chi connectivity index (χ0n) is 12.2. The molecule has 0 amide bonds. The van der Waals surface area contributed by atoms with Crippen LogP contribution in [0.4, 0.5) is 0 Å². The molecule has 0 atom stereocenters. The summed E-state index contributed by atoms with van der Waals surface area (Å²) < 4.78 is 0. The van der Waals surface area contributed by atoms with E-state index in [2.05, 4.69) is 25.1 Å². The number of carbonyl (C=O) groups is 1. The predicted octanol–water partition coefficient (Wildman–Crippen LogP) is 4.85. The summed E-state index contributed by atoms with van der Waals surface area (Å²) in [5.41, 5.74) is 3.27. The van der Waals surface area contributed by atoms with E-state index in [1.54, 1.807) is 24.3 Å². The molecule has 0 aliphatic carbocycles. The van der Waals surface area contributed by atoms with Gasteiger partial charge in [-0.25, -0.2) is 0 Å². The SMILES string of the molecule is Cc1cccc(-c2ccc(C(=O)Cc3ccc(O)cc3)s2)c1. The lowest BCUT2D eigenvalue weighted by Crippen LogP contribution is -2.00. The summed E-state index contributed by atoms with van der Waals surface area (Å²) in [6, 6.07) is 19.0. The van der Waals surface area contributed by atoms with E-state index in [1.807, 2.05) is 18.2 Å². The van der Waals surface area contributed by atoms with Crippen LogP contribution in [0.3, 0.4) is 0 Å². The van der Waals surface area contributed by atoms with Crippen molar-refractivity contribution < 1.29 is 9.90 Å². The third-order valence-electron chi connectivity index (χ3n) is 3.48. The summed E-state index contributed by atoms with van der Waals surface area (Å²) in [7, 11) is 0. The molecule has 0 unspecified atom stereocenters. The van der Waals surface area contributed by atoms with Gasteiger partial charge in [0.25, 0.3) is 0 Å². The van der Waals surface area contributed by atoms with Crippen LogP contribution in [0.15, 0.2) is 60.7 Å². The van der Waals surface area contributed by atoms with Crippen LogP contribution in [-0.2, 0) is 6.42 Å². The number of rotatable bonds is 4. The highest BCUT2D eigenvalue weighted by atomic mass is 32.1. The van der Waals surface area contributed by atoms with Crippen LogP contribution in [0.1, 0.15) is 20.8 Å². The van der Waals surface area contributed by atoms with E-state index < -0.39 is 0 Å². The number of Topliss-reactive ketones (excluding diaryl/α,β-unsaturated/α-hetero) is 1. The maximum atomic E-state index is 12.4. The molecule has 2 aromatic carbocycles. The molecule has 110 valence electrons. The van der Waals surface area contributed by atoms with Crippen molar-refractivity contribution in [3.05, 3.63) is 76.7 Å². The molecule has 3 aromatic rings. The van der Waals surface area contributed by atoms with Crippen molar-refractivity contribution in [1.82, 2.24) is 0 Å². The minimum absolute atomic E-state index is 0.106. The first kappa shape index (κ1) is 14.5. The first-order valence-electron chi connectivity index (χ1n) is 7.10. The van der Waals surface area contributed by atoms with Gasteiger partial charge in [-0.15, -0.1) is 11.3 Å². The number of aryl methyl sites for hydroxylation is 1. The van der Waals surface area contributed by atoms with Crippen molar-refractivity contribution >= 4 is 17.1 Å². The first-order valence-corrected chi connectivity index (χ1v) is 7.91. The van der Waals surface area contributed by atoms with Crippen molar-refractivity contribution in [3.63, 3.8) is 0 Å². The molecule has 22 heavy (non-hydrogen) atoms. The van der Waals surface area contributed by atoms with Gasteiger partial charge in [0.15, 0.2) is 5.78 Å². The third kappa shape index (κ3) is 3.26. The fourth-order valence-electron chi connectivity index (χ4n) is 2.33. The number of thiophene rings is 1. The molecular formula is C19H16O2S. The average molecular weight is 308 g/mol. The largest absolute Gasteiger partial charge is 0.508 e. The highest BCUT2D eigenvalue weighted by Crippen LogP contribution is 2.29. The lowest BCUT2D eigenvalue weighted by molar-refractivity contribution is 0.0997. The first-order chi connectivity index (χ1) is 10.6. The summed E-state index contributed by atoms with van der Waals surface area (Å²) in [5, 5.41) is 9.28. The van der Waals surface area contributed by atoms with E-state index >= 15 is 0 Å². The molecule has 0 aliphatic heterocycles. The van der Waals surface area contributed by atoms with Crippen molar-refractivity contribution in [2.75, 3.05) is 0 Å². The van der Waals surface area contributed by atoms with Gasteiger partial charge in [0, 0.05) is 11.3 Å². The number of benzene rings is 2. The molecule has 0 fully saturated rings. The third-order valence-corrected chi connectivity index (χ3v) is 4.66. The molecule has 1 heterocycles. The zero-order valence-corrected chi connectivity index (χ0v) is 13.1. The van der Waals surface area contributed by atoms with Crippen LogP contribution in [0.5, 0.6) is 5.75 Å². The number of hydrogen-bond donors (Lipinski definition) is 1. The maximum absolute atomic E-state index is 12.4. The summed E-state index contributed by atoms with van der Waals surface area (Å²) in [6.45, 7) is 2.06. The van der Waals surface area contributed by atoms with Crippen molar-refractivity contribution in [2.45, 2.75) is 13.3 Å². The monoisotopic (exact) mass is 308 g/mol. The molecule has 0 saturated carbocycles. The lowest BCUT2D eigenvalue weighted by Gasteiger charge is -2.00. The normalized spacial score (nSPS) is 10.6. The predicted molar refractivity (Wildman–Crippen MR) is 90.6 cm³/mol. The van der Waals surface area contributed by atoms with Gasteiger partial charge in [-0.3, -0.25) is 4.79 Å². The minimum atomic E-state index is 0.106. The molecule has 0 aliphatic rings. The fraction of sp³-hybridized carbons (Fsp3) is 0.105. The van der Waals surface area contributed by atoms with Crippen LogP contribution in [0.2, 0.25) is 0 Å². The Morgan fingerprint density at radius 1 is 1.05 bits per heavy atom. The lowest BCUT2D eigenvalue weighted by atomic mass is 10.1. The van der Waals surface area contributed by atoms with Gasteiger partial charge in [0.2, 0.25) is 0 Å². The Balaban J connectivity index is 1.78. The van der Waals surface area contributed by atoms with E-state index in [1.165, 1.54) is 16.9 Å². The van der Waals surface area contributed by atoms with Crippen molar-refractivity contribution in [2.24, 2.45) is 0 Å². The second-order valence-electron chi connectivity index (χ2n) is 5.30.